The Labute approximate surface area is 179 Å². The van der Waals surface area contributed by atoms with E-state index in [0.29, 0.717) is 22.9 Å². The first-order valence-electron chi connectivity index (χ1n) is 8.82. The summed E-state index contributed by atoms with van der Waals surface area (Å²) >= 11 is 7.92. The molecule has 0 N–H and O–H groups in total. The molecule has 5 rings (SSSR count). The monoisotopic (exact) mass is 444 g/mol. The van der Waals surface area contributed by atoms with Gasteiger partial charge in [-0.2, -0.15) is 0 Å². The molecule has 3 aliphatic heterocycles. The predicted octanol–water partition coefficient (Wildman–Crippen LogP) is 2.90. The quantitative estimate of drug-likeness (QED) is 0.287. The van der Waals surface area contributed by atoms with E-state index < -0.39 is 11.8 Å². The van der Waals surface area contributed by atoms with Crippen LogP contribution in [0.3, 0.4) is 0 Å². The molecule has 0 radical (unpaired) electrons. The number of alkyl halides is 1. The first-order chi connectivity index (χ1) is 13.9. The van der Waals surface area contributed by atoms with Crippen LogP contribution in [0.15, 0.2) is 55.0 Å². The predicted molar refractivity (Wildman–Crippen MR) is 110 cm³/mol. The summed E-state index contributed by atoms with van der Waals surface area (Å²) in [6, 6.07) is 7.68. The highest BCUT2D eigenvalue weighted by molar-refractivity contribution is 8.29. The Morgan fingerprint density at radius 2 is 1.41 bits per heavy atom. The van der Waals surface area contributed by atoms with E-state index in [1.807, 2.05) is 24.3 Å². The number of thioether (sulfide) groups is 2. The summed E-state index contributed by atoms with van der Waals surface area (Å²) in [5.74, 6) is -1.43. The number of benzene rings is 1. The Morgan fingerprint density at radius 1 is 0.897 bits per heavy atom. The summed E-state index contributed by atoms with van der Waals surface area (Å²) < 4.78 is 0.383. The number of halogens is 1. The second-order valence-electron chi connectivity index (χ2n) is 6.91. The Balaban J connectivity index is 1.51. The Morgan fingerprint density at radius 3 is 1.93 bits per heavy atom. The van der Waals surface area contributed by atoms with Crippen LogP contribution >= 0.6 is 35.1 Å². The van der Waals surface area contributed by atoms with Crippen molar-refractivity contribution in [2.75, 3.05) is 5.88 Å². The molecule has 3 heterocycles. The van der Waals surface area contributed by atoms with Gasteiger partial charge in [0.05, 0.1) is 33.0 Å². The zero-order valence-corrected chi connectivity index (χ0v) is 17.5. The van der Waals surface area contributed by atoms with E-state index in [1.165, 1.54) is 10.0 Å². The second kappa shape index (κ2) is 6.62. The number of nitrogens with zero attached hydrogens (tertiary/aromatic N) is 2. The standard InChI is InChI=1S/C20H13ClN2O4S2/c1-9-12(6-21)15(25)17-16(14(9)24)28-20(29-17)13-18(26)22-7-10-4-2-3-5-11(10)8-23(22)19(13)27/h2-5H,6-8H2,1H3. The van der Waals surface area contributed by atoms with Gasteiger partial charge in [-0.3, -0.25) is 19.2 Å². The van der Waals surface area contributed by atoms with Crippen molar-refractivity contribution < 1.29 is 19.2 Å². The summed E-state index contributed by atoms with van der Waals surface area (Å²) in [6.07, 6.45) is 0. The van der Waals surface area contributed by atoms with E-state index in [2.05, 4.69) is 0 Å². The minimum absolute atomic E-state index is 0.0212. The van der Waals surface area contributed by atoms with Gasteiger partial charge < -0.3 is 0 Å². The summed E-state index contributed by atoms with van der Waals surface area (Å²) in [5.41, 5.74) is 2.61. The lowest BCUT2D eigenvalue weighted by molar-refractivity contribution is -0.151. The van der Waals surface area contributed by atoms with Crippen molar-refractivity contribution >= 4 is 58.5 Å². The third-order valence-corrected chi connectivity index (χ3v) is 8.22. The highest BCUT2D eigenvalue weighted by Gasteiger charge is 2.48. The maximum Gasteiger partial charge on any atom is 0.280 e. The average Bonchev–Trinajstić information content (AvgIpc) is 3.25. The Bertz CT molecular complexity index is 1110. The molecular weight excluding hydrogens is 432 g/mol. The number of carbonyl (C=O) groups is 4. The smallest absolute Gasteiger partial charge is 0.280 e. The van der Waals surface area contributed by atoms with Crippen molar-refractivity contribution in [3.8, 4) is 0 Å². The fraction of sp³-hybridized carbons (Fsp3) is 0.200. The summed E-state index contributed by atoms with van der Waals surface area (Å²) in [6.45, 7) is 2.21. The largest absolute Gasteiger partial charge is 0.288 e. The van der Waals surface area contributed by atoms with Crippen LogP contribution in [-0.2, 0) is 32.3 Å². The molecule has 6 nitrogen and oxygen atoms in total. The van der Waals surface area contributed by atoms with Gasteiger partial charge in [-0.15, -0.1) is 11.6 Å². The highest BCUT2D eigenvalue weighted by Crippen LogP contribution is 2.55. The van der Waals surface area contributed by atoms with E-state index in [-0.39, 0.29) is 38.4 Å². The molecule has 1 fully saturated rings. The molecule has 1 aliphatic carbocycles. The zero-order valence-electron chi connectivity index (χ0n) is 15.2. The van der Waals surface area contributed by atoms with Crippen LogP contribution < -0.4 is 0 Å². The van der Waals surface area contributed by atoms with Crippen molar-refractivity contribution in [2.45, 2.75) is 20.0 Å². The van der Waals surface area contributed by atoms with E-state index in [1.54, 1.807) is 6.92 Å². The number of ketones is 2. The third-order valence-electron chi connectivity index (χ3n) is 5.36. The zero-order chi connectivity index (χ0) is 20.4. The number of hydrogen-bond donors (Lipinski definition) is 0. The molecule has 0 aromatic heterocycles. The molecule has 1 aromatic carbocycles. The lowest BCUT2D eigenvalue weighted by atomic mass is 9.97. The second-order valence-corrected chi connectivity index (χ2v) is 9.48. The molecule has 146 valence electrons. The molecule has 0 bridgehead atoms. The summed E-state index contributed by atoms with van der Waals surface area (Å²) in [4.78, 5) is 52.0. The van der Waals surface area contributed by atoms with Crippen LogP contribution in [0.25, 0.3) is 0 Å². The number of amides is 2. The minimum atomic E-state index is -0.401. The molecule has 9 heteroatoms. The van der Waals surface area contributed by atoms with Gasteiger partial charge in [-0.25, -0.2) is 10.0 Å². The molecule has 1 saturated heterocycles. The fourth-order valence-corrected chi connectivity index (χ4v) is 6.72. The average molecular weight is 445 g/mol. The number of allylic oxidation sites excluding steroid dienone is 4. The van der Waals surface area contributed by atoms with Crippen LogP contribution in [0.5, 0.6) is 0 Å². The maximum absolute atomic E-state index is 13.1. The maximum atomic E-state index is 13.1. The Kier molecular flexibility index (Phi) is 4.27. The lowest BCUT2D eigenvalue weighted by Gasteiger charge is -2.33. The van der Waals surface area contributed by atoms with Gasteiger partial charge in [0.15, 0.2) is 11.6 Å². The van der Waals surface area contributed by atoms with Crippen molar-refractivity contribution in [1.82, 2.24) is 10.0 Å². The molecule has 2 amide bonds. The Hall–Kier alpha value is -2.29. The molecule has 0 saturated carbocycles. The van der Waals surface area contributed by atoms with E-state index in [9.17, 15) is 19.2 Å². The minimum Gasteiger partial charge on any atom is -0.288 e. The van der Waals surface area contributed by atoms with E-state index >= 15 is 0 Å². The molecular formula is C20H13ClN2O4S2. The number of hydrazine groups is 1. The first kappa shape index (κ1) is 18.7. The third kappa shape index (κ3) is 2.59. The normalized spacial score (nSPS) is 21.4. The molecule has 1 aromatic rings. The molecule has 4 aliphatic rings. The van der Waals surface area contributed by atoms with Crippen molar-refractivity contribution in [3.05, 3.63) is 66.2 Å². The van der Waals surface area contributed by atoms with Gasteiger partial charge in [-0.1, -0.05) is 47.8 Å². The van der Waals surface area contributed by atoms with Crippen LogP contribution in [-0.4, -0.2) is 39.3 Å². The summed E-state index contributed by atoms with van der Waals surface area (Å²) in [7, 11) is 0. The van der Waals surface area contributed by atoms with Gasteiger partial charge in [0.2, 0.25) is 0 Å². The lowest BCUT2D eigenvalue weighted by Crippen LogP contribution is -2.43. The van der Waals surface area contributed by atoms with E-state index in [4.69, 9.17) is 11.6 Å². The number of hydrogen-bond acceptors (Lipinski definition) is 6. The van der Waals surface area contributed by atoms with Crippen molar-refractivity contribution in [1.29, 1.82) is 0 Å². The van der Waals surface area contributed by atoms with E-state index in [0.717, 1.165) is 34.7 Å². The first-order valence-corrected chi connectivity index (χ1v) is 11.0. The highest BCUT2D eigenvalue weighted by atomic mass is 35.5. The SMILES string of the molecule is CC1=C(CCl)C(=O)C2=C(SC(=C3C(=O)N4Cc5ccccc5CN4C3=O)S2)C1=O. The number of carbonyl (C=O) groups excluding carboxylic acids is 4. The van der Waals surface area contributed by atoms with Gasteiger partial charge >= 0.3 is 0 Å². The van der Waals surface area contributed by atoms with Crippen LogP contribution in [0.1, 0.15) is 18.1 Å². The topological polar surface area (TPSA) is 74.8 Å². The van der Waals surface area contributed by atoms with Crippen LogP contribution in [0.2, 0.25) is 0 Å². The number of Topliss-reactive ketones (excluding diaryl/α,β-unsaturated/α-hetero) is 2. The molecule has 0 spiro atoms. The molecule has 29 heavy (non-hydrogen) atoms. The summed E-state index contributed by atoms with van der Waals surface area (Å²) in [5, 5.41) is 2.87. The van der Waals surface area contributed by atoms with Gasteiger partial charge in [-0.05, 0) is 18.1 Å². The van der Waals surface area contributed by atoms with Gasteiger partial charge in [0.1, 0.15) is 5.57 Å². The number of fused-ring (bicyclic) bond motifs is 2. The van der Waals surface area contributed by atoms with Crippen molar-refractivity contribution in [3.63, 3.8) is 0 Å². The van der Waals surface area contributed by atoms with Crippen molar-refractivity contribution in [2.24, 2.45) is 0 Å². The fourth-order valence-electron chi connectivity index (χ4n) is 3.72. The molecule has 0 unspecified atom stereocenters. The number of rotatable bonds is 1. The van der Waals surface area contributed by atoms with Gasteiger partial charge in [0, 0.05) is 11.1 Å². The van der Waals surface area contributed by atoms with Crippen LogP contribution in [0, 0.1) is 0 Å². The van der Waals surface area contributed by atoms with Gasteiger partial charge in [0.25, 0.3) is 11.8 Å². The molecule has 0 atom stereocenters. The van der Waals surface area contributed by atoms with Crippen LogP contribution in [0.4, 0.5) is 0 Å².